The van der Waals surface area contributed by atoms with Crippen LogP contribution in [0.15, 0.2) is 24.3 Å². The summed E-state index contributed by atoms with van der Waals surface area (Å²) in [7, 11) is 0. The van der Waals surface area contributed by atoms with Gasteiger partial charge >= 0.3 is 0 Å². The molecule has 0 bridgehead atoms. The lowest BCUT2D eigenvalue weighted by Gasteiger charge is -2.33. The van der Waals surface area contributed by atoms with Crippen LogP contribution >= 0.6 is 0 Å². The molecular formula is C20H30N2O3. The van der Waals surface area contributed by atoms with Crippen LogP contribution in [-0.2, 0) is 9.59 Å². The third kappa shape index (κ3) is 5.48. The Morgan fingerprint density at radius 2 is 1.84 bits per heavy atom. The standard InChI is InChI=1S/C20H30N2O3/c1-4-16(5-2)20(24)21-17-10-12-22(13-11-17)19(23)14-25-18-9-7-6-8-15(18)3/h6-9,16-17H,4-5,10-14H2,1-3H3,(H,21,24). The van der Waals surface area contributed by atoms with Gasteiger partial charge in [-0.3, -0.25) is 9.59 Å². The number of hydrogen-bond acceptors (Lipinski definition) is 3. The Hall–Kier alpha value is -2.04. The molecule has 1 saturated heterocycles. The van der Waals surface area contributed by atoms with Crippen molar-refractivity contribution in [1.29, 1.82) is 0 Å². The van der Waals surface area contributed by atoms with E-state index in [1.54, 1.807) is 0 Å². The molecule has 0 radical (unpaired) electrons. The summed E-state index contributed by atoms with van der Waals surface area (Å²) in [6.07, 6.45) is 3.36. The number of para-hydroxylation sites is 1. The van der Waals surface area contributed by atoms with E-state index in [9.17, 15) is 9.59 Å². The summed E-state index contributed by atoms with van der Waals surface area (Å²) in [5.74, 6) is 1.01. The highest BCUT2D eigenvalue weighted by Crippen LogP contribution is 2.17. The van der Waals surface area contributed by atoms with E-state index < -0.39 is 0 Å². The van der Waals surface area contributed by atoms with Gasteiger partial charge in [-0.05, 0) is 44.2 Å². The number of carbonyl (C=O) groups is 2. The number of hydrogen-bond donors (Lipinski definition) is 1. The van der Waals surface area contributed by atoms with Gasteiger partial charge in [0.2, 0.25) is 5.91 Å². The number of rotatable bonds is 7. The average Bonchev–Trinajstić information content (AvgIpc) is 2.62. The lowest BCUT2D eigenvalue weighted by molar-refractivity contribution is -0.134. The second-order valence-electron chi connectivity index (χ2n) is 6.73. The maximum Gasteiger partial charge on any atom is 0.260 e. The van der Waals surface area contributed by atoms with Crippen LogP contribution < -0.4 is 10.1 Å². The molecule has 2 rings (SSSR count). The molecule has 138 valence electrons. The number of benzene rings is 1. The van der Waals surface area contributed by atoms with Crippen molar-refractivity contribution in [3.8, 4) is 5.75 Å². The average molecular weight is 346 g/mol. The SMILES string of the molecule is CCC(CC)C(=O)NC1CCN(C(=O)COc2ccccc2C)CC1. The fraction of sp³-hybridized carbons (Fsp3) is 0.600. The van der Waals surface area contributed by atoms with Crippen molar-refractivity contribution in [1.82, 2.24) is 10.2 Å². The predicted molar refractivity (Wildman–Crippen MR) is 98.5 cm³/mol. The minimum Gasteiger partial charge on any atom is -0.484 e. The molecule has 0 spiro atoms. The Balaban J connectivity index is 1.75. The van der Waals surface area contributed by atoms with Gasteiger partial charge in [-0.2, -0.15) is 0 Å². The molecular weight excluding hydrogens is 316 g/mol. The molecule has 5 heteroatoms. The van der Waals surface area contributed by atoms with Crippen LogP contribution in [0.25, 0.3) is 0 Å². The maximum atomic E-state index is 12.3. The first-order chi connectivity index (χ1) is 12.0. The number of nitrogens with one attached hydrogen (secondary N) is 1. The third-order valence-corrected chi connectivity index (χ3v) is 5.00. The molecule has 0 saturated carbocycles. The van der Waals surface area contributed by atoms with Crippen LogP contribution in [-0.4, -0.2) is 42.5 Å². The fourth-order valence-electron chi connectivity index (χ4n) is 3.20. The molecule has 0 atom stereocenters. The molecule has 1 aliphatic rings. The molecule has 0 unspecified atom stereocenters. The zero-order valence-corrected chi connectivity index (χ0v) is 15.6. The van der Waals surface area contributed by atoms with Crippen molar-refractivity contribution in [2.75, 3.05) is 19.7 Å². The van der Waals surface area contributed by atoms with Crippen LogP contribution in [0.4, 0.5) is 0 Å². The molecule has 5 nitrogen and oxygen atoms in total. The Kier molecular flexibility index (Phi) is 7.29. The second kappa shape index (κ2) is 9.44. The highest BCUT2D eigenvalue weighted by Gasteiger charge is 2.25. The van der Waals surface area contributed by atoms with Crippen LogP contribution in [0, 0.1) is 12.8 Å². The lowest BCUT2D eigenvalue weighted by atomic mass is 10.00. The van der Waals surface area contributed by atoms with Crippen LogP contribution in [0.5, 0.6) is 5.75 Å². The normalized spacial score (nSPS) is 15.3. The zero-order valence-electron chi connectivity index (χ0n) is 15.6. The van der Waals surface area contributed by atoms with Gasteiger partial charge in [0.1, 0.15) is 5.75 Å². The van der Waals surface area contributed by atoms with Crippen molar-refractivity contribution in [3.63, 3.8) is 0 Å². The minimum absolute atomic E-state index is 0.00743. The van der Waals surface area contributed by atoms with Crippen LogP contribution in [0.1, 0.15) is 45.1 Å². The van der Waals surface area contributed by atoms with E-state index >= 15 is 0 Å². The predicted octanol–water partition coefficient (Wildman–Crippen LogP) is 2.92. The van der Waals surface area contributed by atoms with Crippen molar-refractivity contribution in [3.05, 3.63) is 29.8 Å². The van der Waals surface area contributed by atoms with E-state index in [2.05, 4.69) is 5.32 Å². The third-order valence-electron chi connectivity index (χ3n) is 5.00. The first-order valence-corrected chi connectivity index (χ1v) is 9.31. The highest BCUT2D eigenvalue weighted by atomic mass is 16.5. The maximum absolute atomic E-state index is 12.3. The van der Waals surface area contributed by atoms with Gasteiger partial charge in [0.25, 0.3) is 5.91 Å². The van der Waals surface area contributed by atoms with Gasteiger partial charge in [0.05, 0.1) is 0 Å². The molecule has 1 aromatic carbocycles. The molecule has 0 aromatic heterocycles. The van der Waals surface area contributed by atoms with Crippen molar-refractivity contribution in [2.45, 2.75) is 52.5 Å². The van der Waals surface area contributed by atoms with Gasteiger partial charge < -0.3 is 15.0 Å². The number of likely N-dealkylation sites (tertiary alicyclic amines) is 1. The number of amides is 2. The fourth-order valence-corrected chi connectivity index (χ4v) is 3.20. The molecule has 25 heavy (non-hydrogen) atoms. The van der Waals surface area contributed by atoms with E-state index in [1.807, 2.05) is 49.9 Å². The zero-order chi connectivity index (χ0) is 18.2. The first kappa shape index (κ1) is 19.3. The Bertz CT molecular complexity index is 576. The quantitative estimate of drug-likeness (QED) is 0.826. The number of aryl methyl sites for hydroxylation is 1. The molecule has 1 aliphatic heterocycles. The van der Waals surface area contributed by atoms with Gasteiger partial charge in [0, 0.05) is 25.0 Å². The summed E-state index contributed by atoms with van der Waals surface area (Å²) in [4.78, 5) is 26.3. The number of carbonyl (C=O) groups excluding carboxylic acids is 2. The van der Waals surface area contributed by atoms with E-state index in [0.717, 1.165) is 37.0 Å². The summed E-state index contributed by atoms with van der Waals surface area (Å²) in [6, 6.07) is 7.87. The van der Waals surface area contributed by atoms with E-state index in [0.29, 0.717) is 13.1 Å². The minimum atomic E-state index is 0.00743. The van der Waals surface area contributed by atoms with E-state index in [4.69, 9.17) is 4.74 Å². The van der Waals surface area contributed by atoms with Crippen molar-refractivity contribution < 1.29 is 14.3 Å². The van der Waals surface area contributed by atoms with Crippen molar-refractivity contribution >= 4 is 11.8 Å². The molecule has 2 amide bonds. The molecule has 1 N–H and O–H groups in total. The van der Waals surface area contributed by atoms with Crippen LogP contribution in [0.2, 0.25) is 0 Å². The van der Waals surface area contributed by atoms with Crippen molar-refractivity contribution in [2.24, 2.45) is 5.92 Å². The smallest absolute Gasteiger partial charge is 0.260 e. The van der Waals surface area contributed by atoms with Gasteiger partial charge in [0.15, 0.2) is 6.61 Å². The number of nitrogens with zero attached hydrogens (tertiary/aromatic N) is 1. The second-order valence-corrected chi connectivity index (χ2v) is 6.73. The molecule has 0 aliphatic carbocycles. The summed E-state index contributed by atoms with van der Waals surface area (Å²) >= 11 is 0. The molecule has 1 aromatic rings. The topological polar surface area (TPSA) is 58.6 Å². The summed E-state index contributed by atoms with van der Waals surface area (Å²) in [6.45, 7) is 7.46. The summed E-state index contributed by atoms with van der Waals surface area (Å²) in [5.41, 5.74) is 1.03. The monoisotopic (exact) mass is 346 g/mol. The van der Waals surface area contributed by atoms with E-state index in [-0.39, 0.29) is 30.4 Å². The number of piperidine rings is 1. The van der Waals surface area contributed by atoms with Crippen LogP contribution in [0.3, 0.4) is 0 Å². The first-order valence-electron chi connectivity index (χ1n) is 9.31. The van der Waals surface area contributed by atoms with E-state index in [1.165, 1.54) is 0 Å². The van der Waals surface area contributed by atoms with Gasteiger partial charge in [-0.15, -0.1) is 0 Å². The Morgan fingerprint density at radius 1 is 1.20 bits per heavy atom. The Labute approximate surface area is 150 Å². The molecule has 1 heterocycles. The summed E-state index contributed by atoms with van der Waals surface area (Å²) in [5, 5.41) is 3.14. The van der Waals surface area contributed by atoms with Gasteiger partial charge in [-0.25, -0.2) is 0 Å². The van der Waals surface area contributed by atoms with Gasteiger partial charge in [-0.1, -0.05) is 32.0 Å². The lowest BCUT2D eigenvalue weighted by Crippen LogP contribution is -2.48. The number of ether oxygens (including phenoxy) is 1. The Morgan fingerprint density at radius 3 is 2.44 bits per heavy atom. The largest absolute Gasteiger partial charge is 0.484 e. The molecule has 1 fully saturated rings. The highest BCUT2D eigenvalue weighted by molar-refractivity contribution is 5.79. The summed E-state index contributed by atoms with van der Waals surface area (Å²) < 4.78 is 5.64.